The van der Waals surface area contributed by atoms with Gasteiger partial charge in [-0.3, -0.25) is 4.99 Å². The maximum atomic E-state index is 6.20. The Labute approximate surface area is 213 Å². The van der Waals surface area contributed by atoms with Gasteiger partial charge in [0.1, 0.15) is 12.4 Å². The number of benzene rings is 2. The highest BCUT2D eigenvalue weighted by Crippen LogP contribution is 2.42. The van der Waals surface area contributed by atoms with Crippen molar-refractivity contribution in [2.24, 2.45) is 15.9 Å². The molecule has 0 radical (unpaired) electrons. The van der Waals surface area contributed by atoms with Gasteiger partial charge in [0.05, 0.1) is 30.3 Å². The van der Waals surface area contributed by atoms with E-state index in [9.17, 15) is 0 Å². The van der Waals surface area contributed by atoms with Gasteiger partial charge in [-0.1, -0.05) is 36.4 Å². The summed E-state index contributed by atoms with van der Waals surface area (Å²) in [6.07, 6.45) is 12.2. The van der Waals surface area contributed by atoms with Crippen LogP contribution in [0.3, 0.4) is 0 Å². The first kappa shape index (κ1) is 23.2. The van der Waals surface area contributed by atoms with E-state index in [0.717, 1.165) is 23.1 Å². The molecule has 2 aromatic rings. The van der Waals surface area contributed by atoms with Gasteiger partial charge in [-0.05, 0) is 43.5 Å². The molecule has 1 atom stereocenters. The Balaban J connectivity index is 1.22. The van der Waals surface area contributed by atoms with Crippen molar-refractivity contribution in [2.45, 2.75) is 25.5 Å². The second kappa shape index (κ2) is 10.0. The van der Waals surface area contributed by atoms with Crippen LogP contribution in [-0.2, 0) is 6.61 Å². The van der Waals surface area contributed by atoms with Crippen LogP contribution >= 0.6 is 0 Å². The van der Waals surface area contributed by atoms with E-state index in [0.29, 0.717) is 17.2 Å². The number of aliphatic imine (C=N–C) groups is 2. The topological polar surface area (TPSA) is 43.7 Å². The molecule has 186 valence electrons. The Morgan fingerprint density at radius 3 is 2.67 bits per heavy atom. The molecular weight excluding hydrogens is 448 g/mol. The van der Waals surface area contributed by atoms with Crippen molar-refractivity contribution in [3.8, 4) is 5.75 Å². The van der Waals surface area contributed by atoms with Crippen LogP contribution in [0.2, 0.25) is 0 Å². The van der Waals surface area contributed by atoms with Crippen molar-refractivity contribution in [1.29, 1.82) is 0 Å². The normalized spacial score (nSPS) is 27.4. The van der Waals surface area contributed by atoms with Crippen LogP contribution in [0.15, 0.2) is 88.9 Å². The highest BCUT2D eigenvalue weighted by atomic mass is 16.5. The number of piperazine rings is 1. The monoisotopic (exact) mass is 483 g/mol. The Kier molecular flexibility index (Phi) is 6.44. The number of anilines is 1. The lowest BCUT2D eigenvalue weighted by atomic mass is 9.79. The Bertz CT molecular complexity index is 1180. The smallest absolute Gasteiger partial charge is 0.225 e. The van der Waals surface area contributed by atoms with Crippen molar-refractivity contribution in [3.05, 3.63) is 84.5 Å². The standard InChI is InChI=1S/C29H35N6O/c1-32-11-13-33(14-12-32)21-25-16-27(17-25)34(35-15-10-30-19-28(35)20-31-23-35)26-8-5-9-29(18-26)36-22-24-6-3-2-4-7-24/h2-10,15,18-20,23,25,27H,11-14,16-17,21-22H2,1H3/q+1. The molecule has 7 heteroatoms. The molecule has 1 saturated heterocycles. The van der Waals surface area contributed by atoms with E-state index < -0.39 is 0 Å². The van der Waals surface area contributed by atoms with E-state index in [-0.39, 0.29) is 0 Å². The molecule has 3 heterocycles. The van der Waals surface area contributed by atoms with Crippen LogP contribution < -0.4 is 9.75 Å². The molecule has 7 nitrogen and oxygen atoms in total. The lowest BCUT2D eigenvalue weighted by Gasteiger charge is -2.50. The van der Waals surface area contributed by atoms with Gasteiger partial charge in [0.25, 0.3) is 0 Å². The first-order valence-corrected chi connectivity index (χ1v) is 13.0. The number of hydrogen-bond donors (Lipinski definition) is 0. The molecule has 0 amide bonds. The maximum absolute atomic E-state index is 6.20. The zero-order chi connectivity index (χ0) is 24.4. The first-order valence-electron chi connectivity index (χ1n) is 13.0. The average molecular weight is 484 g/mol. The third-order valence-electron chi connectivity index (χ3n) is 7.81. The van der Waals surface area contributed by atoms with Crippen molar-refractivity contribution in [1.82, 2.24) is 9.80 Å². The molecule has 3 aliphatic heterocycles. The van der Waals surface area contributed by atoms with Crippen LogP contribution in [0.1, 0.15) is 18.4 Å². The lowest BCUT2D eigenvalue weighted by Crippen LogP contribution is -2.63. The summed E-state index contributed by atoms with van der Waals surface area (Å²) in [5, 5.41) is 2.50. The minimum Gasteiger partial charge on any atom is -0.489 e. The zero-order valence-electron chi connectivity index (χ0n) is 21.0. The van der Waals surface area contributed by atoms with E-state index in [4.69, 9.17) is 4.74 Å². The van der Waals surface area contributed by atoms with Gasteiger partial charge in [0.2, 0.25) is 12.0 Å². The molecule has 2 aromatic carbocycles. The highest BCUT2D eigenvalue weighted by molar-refractivity contribution is 5.82. The molecular formula is C29H35N6O+. The summed E-state index contributed by atoms with van der Waals surface area (Å²) >= 11 is 0. The summed E-state index contributed by atoms with van der Waals surface area (Å²) in [6, 6.07) is 19.2. The van der Waals surface area contributed by atoms with Gasteiger partial charge in [0.15, 0.2) is 6.20 Å². The van der Waals surface area contributed by atoms with Gasteiger partial charge < -0.3 is 14.5 Å². The molecule has 36 heavy (non-hydrogen) atoms. The van der Waals surface area contributed by atoms with Crippen LogP contribution in [0.4, 0.5) is 5.69 Å². The molecule has 1 unspecified atom stereocenters. The van der Waals surface area contributed by atoms with Gasteiger partial charge >= 0.3 is 0 Å². The number of quaternary nitrogens is 1. The van der Waals surface area contributed by atoms with Gasteiger partial charge in [-0.2, -0.15) is 0 Å². The number of fused-ring (bicyclic) bond motifs is 1. The van der Waals surface area contributed by atoms with E-state index in [1.54, 1.807) is 0 Å². The largest absolute Gasteiger partial charge is 0.489 e. The number of nitrogens with zero attached hydrogens (tertiary/aromatic N) is 6. The second-order valence-electron chi connectivity index (χ2n) is 10.3. The molecule has 1 saturated carbocycles. The summed E-state index contributed by atoms with van der Waals surface area (Å²) < 4.78 is 6.66. The summed E-state index contributed by atoms with van der Waals surface area (Å²) in [7, 11) is 2.22. The molecule has 6 rings (SSSR count). The third kappa shape index (κ3) is 4.62. The molecule has 2 fully saturated rings. The van der Waals surface area contributed by atoms with Crippen molar-refractivity contribution in [3.63, 3.8) is 0 Å². The maximum Gasteiger partial charge on any atom is 0.225 e. The van der Waals surface area contributed by atoms with Gasteiger partial charge in [-0.25, -0.2) is 10.0 Å². The number of hydrogen-bond acceptors (Lipinski definition) is 6. The van der Waals surface area contributed by atoms with Crippen molar-refractivity contribution >= 4 is 18.2 Å². The summed E-state index contributed by atoms with van der Waals surface area (Å²) in [5.74, 6) is 1.61. The number of likely N-dealkylation sites (N-methyl/N-ethyl adjacent to an activating group) is 1. The molecule has 0 bridgehead atoms. The predicted octanol–water partition coefficient (Wildman–Crippen LogP) is 4.27. The van der Waals surface area contributed by atoms with E-state index >= 15 is 0 Å². The first-order chi connectivity index (χ1) is 17.7. The molecule has 0 aromatic heterocycles. The lowest BCUT2D eigenvalue weighted by molar-refractivity contribution is -0.747. The second-order valence-corrected chi connectivity index (χ2v) is 10.3. The number of allylic oxidation sites excluding steroid dienone is 1. The van der Waals surface area contributed by atoms with E-state index in [1.165, 1.54) is 51.1 Å². The fourth-order valence-electron chi connectivity index (χ4n) is 5.71. The zero-order valence-corrected chi connectivity index (χ0v) is 21.0. The third-order valence-corrected chi connectivity index (χ3v) is 7.81. The summed E-state index contributed by atoms with van der Waals surface area (Å²) in [5.41, 5.74) is 3.37. The molecule has 0 N–H and O–H groups in total. The summed E-state index contributed by atoms with van der Waals surface area (Å²) in [6.45, 7) is 6.47. The Morgan fingerprint density at radius 2 is 1.83 bits per heavy atom. The fraction of sp³-hybridized carbons (Fsp3) is 0.379. The van der Waals surface area contributed by atoms with Gasteiger partial charge in [-0.15, -0.1) is 4.59 Å². The summed E-state index contributed by atoms with van der Waals surface area (Å²) in [4.78, 5) is 14.0. The van der Waals surface area contributed by atoms with Crippen molar-refractivity contribution < 1.29 is 9.33 Å². The molecule has 1 aliphatic carbocycles. The minimum absolute atomic E-state index is 0.413. The van der Waals surface area contributed by atoms with Gasteiger partial charge in [0, 0.05) is 38.8 Å². The van der Waals surface area contributed by atoms with Crippen molar-refractivity contribution in [2.75, 3.05) is 44.8 Å². The highest BCUT2D eigenvalue weighted by Gasteiger charge is 2.49. The van der Waals surface area contributed by atoms with Crippen LogP contribution in [0.25, 0.3) is 0 Å². The van der Waals surface area contributed by atoms with E-state index in [2.05, 4.69) is 68.4 Å². The van der Waals surface area contributed by atoms with E-state index in [1.807, 2.05) is 49.2 Å². The predicted molar refractivity (Wildman–Crippen MR) is 145 cm³/mol. The average Bonchev–Trinajstić information content (AvgIpc) is 3.33. The molecule has 4 aliphatic rings. The molecule has 0 spiro atoms. The van der Waals surface area contributed by atoms with Crippen LogP contribution in [0.5, 0.6) is 5.75 Å². The SMILES string of the molecule is CN1CCN(CC2CC(N(c3cccc(OCc4ccccc4)c3)[N+]34C=CN=CC3=CN=C4)C2)CC1. The number of ether oxygens (including phenoxy) is 1. The Hall–Kier alpha value is -3.26. The quantitative estimate of drug-likeness (QED) is 0.526. The van der Waals surface area contributed by atoms with Crippen LogP contribution in [-0.4, -0.2) is 72.8 Å². The number of rotatable bonds is 8. The minimum atomic E-state index is 0.413. The van der Waals surface area contributed by atoms with Crippen LogP contribution in [0, 0.1) is 5.92 Å². The fourth-order valence-corrected chi connectivity index (χ4v) is 5.71. The Morgan fingerprint density at radius 1 is 1.00 bits per heavy atom.